The molecule has 1 fully saturated rings. The van der Waals surface area contributed by atoms with Crippen LogP contribution in [0.3, 0.4) is 0 Å². The standard InChI is InChI=1S/C13H24N2O3/c1-9(2)7-15(8-12(14)16)13(17)11-5-4-6-18-10(11)3/h9-11H,4-8H2,1-3H3,(H2,14,16). The van der Waals surface area contributed by atoms with E-state index in [2.05, 4.69) is 0 Å². The first-order valence-electron chi connectivity index (χ1n) is 6.60. The summed E-state index contributed by atoms with van der Waals surface area (Å²) >= 11 is 0. The second kappa shape index (κ2) is 6.73. The van der Waals surface area contributed by atoms with Gasteiger partial charge in [0.05, 0.1) is 18.6 Å². The van der Waals surface area contributed by atoms with Crippen molar-refractivity contribution in [2.75, 3.05) is 19.7 Å². The molecule has 0 aromatic carbocycles. The topological polar surface area (TPSA) is 72.6 Å². The molecule has 1 heterocycles. The van der Waals surface area contributed by atoms with Crippen LogP contribution in [-0.4, -0.2) is 42.5 Å². The number of carbonyl (C=O) groups is 2. The number of nitrogens with two attached hydrogens (primary N) is 1. The number of hydrogen-bond acceptors (Lipinski definition) is 3. The van der Waals surface area contributed by atoms with Crippen molar-refractivity contribution in [3.05, 3.63) is 0 Å². The van der Waals surface area contributed by atoms with Crippen molar-refractivity contribution in [2.24, 2.45) is 17.6 Å². The number of nitrogens with zero attached hydrogens (tertiary/aromatic N) is 1. The Morgan fingerprint density at radius 2 is 2.11 bits per heavy atom. The van der Waals surface area contributed by atoms with Crippen LogP contribution in [0.2, 0.25) is 0 Å². The summed E-state index contributed by atoms with van der Waals surface area (Å²) in [5, 5.41) is 0. The average molecular weight is 256 g/mol. The largest absolute Gasteiger partial charge is 0.378 e. The lowest BCUT2D eigenvalue weighted by atomic mass is 9.93. The zero-order valence-corrected chi connectivity index (χ0v) is 11.5. The van der Waals surface area contributed by atoms with Gasteiger partial charge in [0.1, 0.15) is 0 Å². The first-order chi connectivity index (χ1) is 8.41. The minimum atomic E-state index is -0.464. The van der Waals surface area contributed by atoms with Crippen LogP contribution in [0, 0.1) is 11.8 Å². The van der Waals surface area contributed by atoms with Crippen molar-refractivity contribution in [3.8, 4) is 0 Å². The SMILES string of the molecule is CC(C)CN(CC(N)=O)C(=O)C1CCCOC1C. The Kier molecular flexibility index (Phi) is 5.59. The van der Waals surface area contributed by atoms with Crippen LogP contribution in [0.4, 0.5) is 0 Å². The Bertz CT molecular complexity index is 305. The van der Waals surface area contributed by atoms with E-state index in [4.69, 9.17) is 10.5 Å². The van der Waals surface area contributed by atoms with Crippen LogP contribution < -0.4 is 5.73 Å². The molecule has 0 saturated carbocycles. The maximum atomic E-state index is 12.4. The van der Waals surface area contributed by atoms with Gasteiger partial charge in [0.2, 0.25) is 11.8 Å². The zero-order chi connectivity index (χ0) is 13.7. The quantitative estimate of drug-likeness (QED) is 0.789. The molecular weight excluding hydrogens is 232 g/mol. The first-order valence-corrected chi connectivity index (χ1v) is 6.60. The third-order valence-electron chi connectivity index (χ3n) is 3.17. The number of rotatable bonds is 5. The number of amides is 2. The fraction of sp³-hybridized carbons (Fsp3) is 0.846. The normalized spacial score (nSPS) is 24.0. The van der Waals surface area contributed by atoms with Crippen molar-refractivity contribution in [3.63, 3.8) is 0 Å². The Hall–Kier alpha value is -1.10. The monoisotopic (exact) mass is 256 g/mol. The number of primary amides is 1. The van der Waals surface area contributed by atoms with Gasteiger partial charge in [0.25, 0.3) is 0 Å². The minimum absolute atomic E-state index is 0.000231. The average Bonchev–Trinajstić information content (AvgIpc) is 2.26. The molecule has 0 aromatic heterocycles. The van der Waals surface area contributed by atoms with Gasteiger partial charge in [0.15, 0.2) is 0 Å². The molecule has 0 bridgehead atoms. The second-order valence-corrected chi connectivity index (χ2v) is 5.40. The van der Waals surface area contributed by atoms with Crippen LogP contribution >= 0.6 is 0 Å². The van der Waals surface area contributed by atoms with Crippen LogP contribution in [0.1, 0.15) is 33.6 Å². The summed E-state index contributed by atoms with van der Waals surface area (Å²) in [7, 11) is 0. The molecule has 1 aliphatic rings. The van der Waals surface area contributed by atoms with Gasteiger partial charge in [0, 0.05) is 13.2 Å². The van der Waals surface area contributed by atoms with Gasteiger partial charge < -0.3 is 15.4 Å². The highest BCUT2D eigenvalue weighted by Crippen LogP contribution is 2.23. The lowest BCUT2D eigenvalue weighted by Gasteiger charge is -2.33. The summed E-state index contributed by atoms with van der Waals surface area (Å²) < 4.78 is 5.51. The zero-order valence-electron chi connectivity index (χ0n) is 11.5. The van der Waals surface area contributed by atoms with Gasteiger partial charge in [-0.3, -0.25) is 9.59 Å². The first kappa shape index (κ1) is 15.0. The summed E-state index contributed by atoms with van der Waals surface area (Å²) in [6, 6.07) is 0. The summed E-state index contributed by atoms with van der Waals surface area (Å²) in [5.74, 6) is -0.298. The molecule has 18 heavy (non-hydrogen) atoms. The molecule has 0 radical (unpaired) electrons. The van der Waals surface area contributed by atoms with Crippen LogP contribution in [0.25, 0.3) is 0 Å². The van der Waals surface area contributed by atoms with E-state index < -0.39 is 5.91 Å². The number of carbonyl (C=O) groups excluding carboxylic acids is 2. The molecule has 104 valence electrons. The summed E-state index contributed by atoms with van der Waals surface area (Å²) in [6.45, 7) is 7.22. The van der Waals surface area contributed by atoms with Gasteiger partial charge >= 0.3 is 0 Å². The van der Waals surface area contributed by atoms with Crippen molar-refractivity contribution in [2.45, 2.75) is 39.7 Å². The van der Waals surface area contributed by atoms with Gasteiger partial charge in [-0.25, -0.2) is 0 Å². The summed E-state index contributed by atoms with van der Waals surface area (Å²) in [5.41, 5.74) is 5.21. The Morgan fingerprint density at radius 1 is 1.44 bits per heavy atom. The van der Waals surface area contributed by atoms with E-state index in [1.54, 1.807) is 4.90 Å². The molecule has 5 nitrogen and oxygen atoms in total. The Morgan fingerprint density at radius 3 is 2.61 bits per heavy atom. The molecule has 1 aliphatic heterocycles. The van der Waals surface area contributed by atoms with Crippen LogP contribution in [-0.2, 0) is 14.3 Å². The van der Waals surface area contributed by atoms with E-state index in [1.165, 1.54) is 0 Å². The Balaban J connectivity index is 2.70. The molecule has 0 aliphatic carbocycles. The van der Waals surface area contributed by atoms with Gasteiger partial charge in [-0.05, 0) is 25.7 Å². The third-order valence-corrected chi connectivity index (χ3v) is 3.17. The van der Waals surface area contributed by atoms with Crippen molar-refractivity contribution >= 4 is 11.8 Å². The molecule has 2 N–H and O–H groups in total. The Labute approximate surface area is 109 Å². The molecule has 2 amide bonds. The van der Waals surface area contributed by atoms with Gasteiger partial charge in [-0.2, -0.15) is 0 Å². The molecule has 5 heteroatoms. The number of hydrogen-bond donors (Lipinski definition) is 1. The smallest absolute Gasteiger partial charge is 0.237 e. The minimum Gasteiger partial charge on any atom is -0.378 e. The maximum Gasteiger partial charge on any atom is 0.237 e. The van der Waals surface area contributed by atoms with Gasteiger partial charge in [-0.1, -0.05) is 13.8 Å². The van der Waals surface area contributed by atoms with E-state index in [0.29, 0.717) is 19.1 Å². The number of ether oxygens (including phenoxy) is 1. The van der Waals surface area contributed by atoms with Crippen LogP contribution in [0.15, 0.2) is 0 Å². The van der Waals surface area contributed by atoms with Crippen molar-refractivity contribution in [1.29, 1.82) is 0 Å². The molecule has 0 spiro atoms. The van der Waals surface area contributed by atoms with E-state index in [-0.39, 0.29) is 24.5 Å². The van der Waals surface area contributed by atoms with Gasteiger partial charge in [-0.15, -0.1) is 0 Å². The van der Waals surface area contributed by atoms with E-state index in [0.717, 1.165) is 12.8 Å². The van der Waals surface area contributed by atoms with Crippen LogP contribution in [0.5, 0.6) is 0 Å². The highest BCUT2D eigenvalue weighted by atomic mass is 16.5. The lowest BCUT2D eigenvalue weighted by Crippen LogP contribution is -2.47. The molecule has 1 rings (SSSR count). The summed E-state index contributed by atoms with van der Waals surface area (Å²) in [4.78, 5) is 25.0. The fourth-order valence-corrected chi connectivity index (χ4v) is 2.34. The van der Waals surface area contributed by atoms with Crippen molar-refractivity contribution in [1.82, 2.24) is 4.90 Å². The molecule has 2 atom stereocenters. The molecule has 0 aromatic rings. The highest BCUT2D eigenvalue weighted by molar-refractivity contribution is 5.85. The lowest BCUT2D eigenvalue weighted by molar-refractivity contribution is -0.146. The van der Waals surface area contributed by atoms with E-state index in [9.17, 15) is 9.59 Å². The third kappa shape index (κ3) is 4.29. The predicted octanol–water partition coefficient (Wildman–Crippen LogP) is 0.771. The van der Waals surface area contributed by atoms with E-state index in [1.807, 2.05) is 20.8 Å². The molecule has 2 unspecified atom stereocenters. The molecule has 1 saturated heterocycles. The molecular formula is C13H24N2O3. The predicted molar refractivity (Wildman–Crippen MR) is 68.8 cm³/mol. The fourth-order valence-electron chi connectivity index (χ4n) is 2.34. The highest BCUT2D eigenvalue weighted by Gasteiger charge is 2.32. The second-order valence-electron chi connectivity index (χ2n) is 5.40. The van der Waals surface area contributed by atoms with Crippen molar-refractivity contribution < 1.29 is 14.3 Å². The maximum absolute atomic E-state index is 12.4. The summed E-state index contributed by atoms with van der Waals surface area (Å²) in [6.07, 6.45) is 1.65. The van der Waals surface area contributed by atoms with E-state index >= 15 is 0 Å².